The van der Waals surface area contributed by atoms with Crippen LogP contribution in [-0.2, 0) is 8.85 Å². The SMILES string of the molecule is C=C1[C@H](O[Si](C)(C)C(C)(C)C)CC(=CC=C2CCC[C@@]3(C)C2CCC3[C@H](C)CO)C[C@H]1O[Si](C)(C)C(C)(C)C. The number of aliphatic hydroxyl groups excluding tert-OH is 1. The highest BCUT2D eigenvalue weighted by atomic mass is 28.4. The highest BCUT2D eigenvalue weighted by Gasteiger charge is 2.50. The maximum absolute atomic E-state index is 9.92. The predicted octanol–water partition coefficient (Wildman–Crippen LogP) is 9.81. The number of rotatable bonds is 7. The lowest BCUT2D eigenvalue weighted by Gasteiger charge is -2.46. The Balaban J connectivity index is 1.92. The Bertz CT molecular complexity index is 906. The van der Waals surface area contributed by atoms with Crippen molar-refractivity contribution in [1.82, 2.24) is 0 Å². The maximum atomic E-state index is 9.92. The molecule has 0 aromatic rings. The number of aliphatic hydroxyl groups is 1. The molecule has 1 N–H and O–H groups in total. The molecule has 39 heavy (non-hydrogen) atoms. The molecule has 0 heterocycles. The summed E-state index contributed by atoms with van der Waals surface area (Å²) >= 11 is 0. The van der Waals surface area contributed by atoms with E-state index in [0.717, 1.165) is 18.4 Å². The Labute approximate surface area is 244 Å². The number of hydrogen-bond donors (Lipinski definition) is 1. The molecule has 3 nitrogen and oxygen atoms in total. The van der Waals surface area contributed by atoms with Crippen LogP contribution in [0.1, 0.15) is 100 Å². The van der Waals surface area contributed by atoms with E-state index >= 15 is 0 Å². The van der Waals surface area contributed by atoms with Crippen LogP contribution in [0, 0.1) is 23.2 Å². The fourth-order valence-corrected chi connectivity index (χ4v) is 9.63. The van der Waals surface area contributed by atoms with Crippen molar-refractivity contribution in [3.8, 4) is 0 Å². The normalized spacial score (nSPS) is 32.9. The molecule has 0 bridgehead atoms. The van der Waals surface area contributed by atoms with Crippen LogP contribution in [0.15, 0.2) is 35.5 Å². The first-order chi connectivity index (χ1) is 17.7. The van der Waals surface area contributed by atoms with Gasteiger partial charge in [-0.15, -0.1) is 0 Å². The molecule has 3 aliphatic rings. The van der Waals surface area contributed by atoms with E-state index in [1.54, 1.807) is 5.57 Å². The Morgan fingerprint density at radius 2 is 1.46 bits per heavy atom. The van der Waals surface area contributed by atoms with E-state index in [1.807, 2.05) is 0 Å². The Hall–Kier alpha value is -0.466. The van der Waals surface area contributed by atoms with Gasteiger partial charge in [0.25, 0.3) is 0 Å². The molecule has 3 fully saturated rings. The van der Waals surface area contributed by atoms with Gasteiger partial charge in [0.05, 0.1) is 12.2 Å². The van der Waals surface area contributed by atoms with E-state index in [0.29, 0.717) is 29.8 Å². The first-order valence-electron chi connectivity index (χ1n) is 15.8. The van der Waals surface area contributed by atoms with Crippen molar-refractivity contribution in [3.05, 3.63) is 35.5 Å². The highest BCUT2D eigenvalue weighted by molar-refractivity contribution is 6.74. The van der Waals surface area contributed by atoms with E-state index in [4.69, 9.17) is 8.85 Å². The zero-order valence-corrected chi connectivity index (χ0v) is 29.7. The molecular weight excluding hydrogens is 513 g/mol. The Morgan fingerprint density at radius 3 is 1.92 bits per heavy atom. The van der Waals surface area contributed by atoms with E-state index in [-0.39, 0.29) is 22.3 Å². The largest absolute Gasteiger partial charge is 0.410 e. The van der Waals surface area contributed by atoms with Crippen molar-refractivity contribution in [2.75, 3.05) is 6.61 Å². The summed E-state index contributed by atoms with van der Waals surface area (Å²) in [6, 6.07) is 0. The number of fused-ring (bicyclic) bond motifs is 1. The summed E-state index contributed by atoms with van der Waals surface area (Å²) in [5.41, 5.74) is 4.56. The minimum absolute atomic E-state index is 0.0250. The first-order valence-corrected chi connectivity index (χ1v) is 21.6. The molecule has 0 spiro atoms. The van der Waals surface area contributed by atoms with Crippen LogP contribution >= 0.6 is 0 Å². The second-order valence-electron chi connectivity index (χ2n) is 16.5. The van der Waals surface area contributed by atoms with Gasteiger partial charge in [0.1, 0.15) is 0 Å². The molecule has 0 radical (unpaired) electrons. The van der Waals surface area contributed by atoms with Crippen molar-refractivity contribution in [2.45, 2.75) is 149 Å². The van der Waals surface area contributed by atoms with Gasteiger partial charge in [-0.25, -0.2) is 0 Å². The summed E-state index contributed by atoms with van der Waals surface area (Å²) in [6.45, 7) is 33.0. The molecule has 3 rings (SSSR count). The molecule has 3 aliphatic carbocycles. The van der Waals surface area contributed by atoms with E-state index in [2.05, 4.69) is 100 Å². The van der Waals surface area contributed by atoms with Crippen LogP contribution in [0.5, 0.6) is 0 Å². The smallest absolute Gasteiger partial charge is 0.192 e. The molecule has 3 saturated carbocycles. The lowest BCUT2D eigenvalue weighted by molar-refractivity contribution is 0.0690. The summed E-state index contributed by atoms with van der Waals surface area (Å²) < 4.78 is 14.1. The Kier molecular flexibility index (Phi) is 9.88. The third kappa shape index (κ3) is 6.96. The van der Waals surface area contributed by atoms with Gasteiger partial charge in [0, 0.05) is 6.61 Å². The average molecular weight is 575 g/mol. The van der Waals surface area contributed by atoms with Gasteiger partial charge in [0.15, 0.2) is 16.6 Å². The quantitative estimate of drug-likeness (QED) is 0.243. The minimum Gasteiger partial charge on any atom is -0.410 e. The van der Waals surface area contributed by atoms with Gasteiger partial charge < -0.3 is 14.0 Å². The van der Waals surface area contributed by atoms with Crippen molar-refractivity contribution in [2.24, 2.45) is 23.2 Å². The molecule has 0 amide bonds. The van der Waals surface area contributed by atoms with Crippen LogP contribution in [0.25, 0.3) is 0 Å². The van der Waals surface area contributed by atoms with E-state index in [9.17, 15) is 5.11 Å². The second-order valence-corrected chi connectivity index (χ2v) is 26.1. The number of hydrogen-bond acceptors (Lipinski definition) is 3. The molecule has 5 heteroatoms. The molecule has 6 atom stereocenters. The van der Waals surface area contributed by atoms with Crippen LogP contribution in [0.2, 0.25) is 36.3 Å². The molecule has 0 aromatic heterocycles. The van der Waals surface area contributed by atoms with Gasteiger partial charge in [-0.05, 0) is 110 Å². The predicted molar refractivity (Wildman–Crippen MR) is 173 cm³/mol. The van der Waals surface area contributed by atoms with Crippen LogP contribution in [0.3, 0.4) is 0 Å². The fraction of sp³-hybridized carbons (Fsp3) is 0.824. The third-order valence-corrected chi connectivity index (χ3v) is 20.7. The number of allylic oxidation sites excluding steroid dienone is 3. The van der Waals surface area contributed by atoms with E-state index < -0.39 is 16.6 Å². The van der Waals surface area contributed by atoms with Crippen molar-refractivity contribution in [3.63, 3.8) is 0 Å². The summed E-state index contributed by atoms with van der Waals surface area (Å²) in [5, 5.41) is 10.2. The van der Waals surface area contributed by atoms with Crippen LogP contribution < -0.4 is 0 Å². The molecule has 0 aliphatic heterocycles. The highest BCUT2D eigenvalue weighted by Crippen LogP contribution is 2.59. The zero-order valence-electron chi connectivity index (χ0n) is 27.7. The van der Waals surface area contributed by atoms with Crippen LogP contribution in [-0.4, -0.2) is 40.6 Å². The lowest BCUT2D eigenvalue weighted by Crippen LogP contribution is -2.49. The lowest BCUT2D eigenvalue weighted by atomic mass is 9.61. The molecule has 2 unspecified atom stereocenters. The zero-order chi connectivity index (χ0) is 29.6. The van der Waals surface area contributed by atoms with Gasteiger partial charge >= 0.3 is 0 Å². The van der Waals surface area contributed by atoms with Gasteiger partial charge in [-0.2, -0.15) is 0 Å². The average Bonchev–Trinajstić information content (AvgIpc) is 3.15. The molecule has 0 saturated heterocycles. The van der Waals surface area contributed by atoms with Crippen molar-refractivity contribution >= 4 is 16.6 Å². The summed E-state index contributed by atoms with van der Waals surface area (Å²) in [7, 11) is -3.92. The third-order valence-electron chi connectivity index (χ3n) is 11.8. The minimum atomic E-state index is -1.96. The molecule has 0 aromatic carbocycles. The summed E-state index contributed by atoms with van der Waals surface area (Å²) in [6.07, 6.45) is 13.1. The topological polar surface area (TPSA) is 38.7 Å². The maximum Gasteiger partial charge on any atom is 0.192 e. The monoisotopic (exact) mass is 574 g/mol. The Morgan fingerprint density at radius 1 is 0.949 bits per heavy atom. The fourth-order valence-electron chi connectivity index (χ4n) is 7.03. The van der Waals surface area contributed by atoms with Gasteiger partial charge in [-0.1, -0.05) is 85.3 Å². The molecule has 224 valence electrons. The van der Waals surface area contributed by atoms with Gasteiger partial charge in [-0.3, -0.25) is 0 Å². The summed E-state index contributed by atoms with van der Waals surface area (Å²) in [5.74, 6) is 1.68. The second kappa shape index (κ2) is 11.7. The standard InChI is InChI=1S/C34H62O3Si2/c1-24(23-35)28-18-19-29-27(15-14-20-34(28,29)9)17-16-26-21-30(36-38(10,11)32(3,4)5)25(2)31(22-26)37-39(12,13)33(6,7)8/h16-17,24,28-31,35H,2,14-15,18-23H2,1,3-13H3/t24-,28?,29?,30-,31-,34-/m1/s1. The van der Waals surface area contributed by atoms with Gasteiger partial charge in [0.2, 0.25) is 0 Å². The van der Waals surface area contributed by atoms with E-state index in [1.165, 1.54) is 37.7 Å². The summed E-state index contributed by atoms with van der Waals surface area (Å²) in [4.78, 5) is 0. The molecular formula is C34H62O3Si2. The van der Waals surface area contributed by atoms with Crippen LogP contribution in [0.4, 0.5) is 0 Å². The van der Waals surface area contributed by atoms with Crippen molar-refractivity contribution < 1.29 is 14.0 Å². The first kappa shape index (κ1) is 33.0. The van der Waals surface area contributed by atoms with Crippen molar-refractivity contribution in [1.29, 1.82) is 0 Å².